The first-order valence-electron chi connectivity index (χ1n) is 14.0. The van der Waals surface area contributed by atoms with Crippen LogP contribution in [0, 0.1) is 5.92 Å². The van der Waals surface area contributed by atoms with Crippen molar-refractivity contribution < 1.29 is 34.1 Å². The van der Waals surface area contributed by atoms with Crippen molar-refractivity contribution >= 4 is 47.1 Å². The number of aromatic carboxylic acids is 1. The summed E-state index contributed by atoms with van der Waals surface area (Å²) in [6, 6.07) is 17.3. The summed E-state index contributed by atoms with van der Waals surface area (Å²) in [5, 5.41) is 19.1. The number of aryl methyl sites for hydroxylation is 1. The molecular formula is C32H33ClN4O7. The third-order valence-electron chi connectivity index (χ3n) is 7.54. The number of nitrogens with two attached hydrogens (primary N) is 2. The molecule has 0 atom stereocenters. The highest BCUT2D eigenvalue weighted by Gasteiger charge is 2.31. The van der Waals surface area contributed by atoms with Crippen molar-refractivity contribution in [1.82, 2.24) is 4.90 Å². The van der Waals surface area contributed by atoms with Gasteiger partial charge in [0.25, 0.3) is 0 Å². The van der Waals surface area contributed by atoms with Crippen LogP contribution < -0.4 is 16.2 Å². The van der Waals surface area contributed by atoms with Gasteiger partial charge in [-0.3, -0.25) is 9.59 Å². The molecule has 0 unspecified atom stereocenters. The molecular weight excluding hydrogens is 588 g/mol. The van der Waals surface area contributed by atoms with Gasteiger partial charge in [-0.2, -0.15) is 0 Å². The molecule has 0 spiro atoms. The van der Waals surface area contributed by atoms with E-state index in [1.807, 2.05) is 0 Å². The van der Waals surface area contributed by atoms with E-state index < -0.39 is 23.8 Å². The number of aliphatic imine (C=N–C) groups is 1. The maximum absolute atomic E-state index is 13.6. The molecule has 0 radical (unpaired) electrons. The number of aliphatic carboxylic acids is 1. The standard InChI is InChI=1S/C32H33ClN4O7/c33-27-17-26(44-31(43)22-4-10-24(11-5-22)36-32(34)35)14-8-20(27)9-15-28(38)37(25-12-6-21(7-13-25)29(39)40)18-19-2-1-3-23(16-19)30(41)42/h1-5,8,10-11,14,16-17,21,25H,6-7,9,12-13,15,18H2,(H,39,40)(H,41,42)(H4,34,35,36). The highest BCUT2D eigenvalue weighted by molar-refractivity contribution is 6.31. The molecule has 1 saturated carbocycles. The normalized spacial score (nSPS) is 16.0. The zero-order valence-corrected chi connectivity index (χ0v) is 24.6. The van der Waals surface area contributed by atoms with Gasteiger partial charge in [-0.25, -0.2) is 14.6 Å². The number of hydrogen-bond acceptors (Lipinski definition) is 6. The molecule has 0 saturated heterocycles. The summed E-state index contributed by atoms with van der Waals surface area (Å²) in [7, 11) is 0. The number of carboxylic acid groups (broad SMARTS) is 2. The molecule has 6 N–H and O–H groups in total. The SMILES string of the molecule is NC(N)=Nc1ccc(C(=O)Oc2ccc(CCC(=O)N(Cc3cccc(C(=O)O)c3)C3CCC(C(=O)O)CC3)c(Cl)c2)cc1. The van der Waals surface area contributed by atoms with Crippen LogP contribution in [0.4, 0.5) is 5.69 Å². The molecule has 3 aromatic rings. The van der Waals surface area contributed by atoms with Crippen molar-refractivity contribution in [3.05, 3.63) is 94.0 Å². The van der Waals surface area contributed by atoms with Crippen molar-refractivity contribution in [2.45, 2.75) is 51.1 Å². The molecule has 11 nitrogen and oxygen atoms in total. The van der Waals surface area contributed by atoms with Gasteiger partial charge in [-0.05, 0) is 91.8 Å². The van der Waals surface area contributed by atoms with Gasteiger partial charge in [0, 0.05) is 24.0 Å². The number of ether oxygens (including phenoxy) is 1. The summed E-state index contributed by atoms with van der Waals surface area (Å²) in [6.07, 6.45) is 2.45. The molecule has 12 heteroatoms. The quantitative estimate of drug-likeness (QED) is 0.101. The van der Waals surface area contributed by atoms with Gasteiger partial charge in [-0.15, -0.1) is 0 Å². The van der Waals surface area contributed by atoms with Crippen LogP contribution in [0.5, 0.6) is 5.75 Å². The lowest BCUT2D eigenvalue weighted by molar-refractivity contribution is -0.143. The van der Waals surface area contributed by atoms with Crippen LogP contribution in [0.3, 0.4) is 0 Å². The number of benzene rings is 3. The van der Waals surface area contributed by atoms with Crippen molar-refractivity contribution in [3.8, 4) is 5.75 Å². The summed E-state index contributed by atoms with van der Waals surface area (Å²) < 4.78 is 5.45. The molecule has 1 amide bonds. The Hall–Kier alpha value is -4.90. The van der Waals surface area contributed by atoms with Gasteiger partial charge in [0.2, 0.25) is 5.91 Å². The summed E-state index contributed by atoms with van der Waals surface area (Å²) in [5.74, 6) is -2.94. The number of hydrogen-bond donors (Lipinski definition) is 4. The number of carboxylic acids is 2. The Morgan fingerprint density at radius 3 is 2.23 bits per heavy atom. The van der Waals surface area contributed by atoms with Gasteiger partial charge in [0.1, 0.15) is 5.75 Å². The highest BCUT2D eigenvalue weighted by atomic mass is 35.5. The van der Waals surface area contributed by atoms with Gasteiger partial charge in [-0.1, -0.05) is 29.8 Å². The molecule has 0 aromatic heterocycles. The maximum Gasteiger partial charge on any atom is 0.343 e. The number of carbonyl (C=O) groups excluding carboxylic acids is 2. The average Bonchev–Trinajstić information content (AvgIpc) is 2.99. The Kier molecular flexibility index (Phi) is 10.6. The number of carbonyl (C=O) groups is 4. The van der Waals surface area contributed by atoms with Crippen molar-refractivity contribution in [3.63, 3.8) is 0 Å². The predicted octanol–water partition coefficient (Wildman–Crippen LogP) is 4.77. The van der Waals surface area contributed by atoms with E-state index in [0.717, 1.165) is 0 Å². The first kappa shape index (κ1) is 32.0. The molecule has 4 rings (SSSR count). The number of guanidine groups is 1. The minimum atomic E-state index is -1.06. The fourth-order valence-corrected chi connectivity index (χ4v) is 5.49. The number of halogens is 1. The van der Waals surface area contributed by atoms with Crippen LogP contribution >= 0.6 is 11.6 Å². The topological polar surface area (TPSA) is 186 Å². The van der Waals surface area contributed by atoms with Gasteiger partial charge in [0.05, 0.1) is 22.7 Å². The minimum Gasteiger partial charge on any atom is -0.481 e. The lowest BCUT2D eigenvalue weighted by atomic mass is 9.85. The number of amides is 1. The Labute approximate surface area is 259 Å². The van der Waals surface area contributed by atoms with Crippen molar-refractivity contribution in [1.29, 1.82) is 0 Å². The Morgan fingerprint density at radius 2 is 1.61 bits per heavy atom. The second-order valence-electron chi connectivity index (χ2n) is 10.6. The number of rotatable bonds is 11. The van der Waals surface area contributed by atoms with Gasteiger partial charge < -0.3 is 31.3 Å². The van der Waals surface area contributed by atoms with E-state index in [2.05, 4.69) is 4.99 Å². The third-order valence-corrected chi connectivity index (χ3v) is 7.89. The van der Waals surface area contributed by atoms with Crippen molar-refractivity contribution in [2.24, 2.45) is 22.4 Å². The van der Waals surface area contributed by atoms with Gasteiger partial charge >= 0.3 is 17.9 Å². The first-order valence-corrected chi connectivity index (χ1v) is 14.4. The van der Waals surface area contributed by atoms with Crippen LogP contribution in [0.15, 0.2) is 71.7 Å². The molecule has 0 heterocycles. The highest BCUT2D eigenvalue weighted by Crippen LogP contribution is 2.30. The Morgan fingerprint density at radius 1 is 0.909 bits per heavy atom. The second kappa shape index (κ2) is 14.5. The Balaban J connectivity index is 1.42. The lowest BCUT2D eigenvalue weighted by Crippen LogP contribution is -2.42. The molecule has 1 fully saturated rings. The summed E-state index contributed by atoms with van der Waals surface area (Å²) in [4.78, 5) is 54.7. The van der Waals surface area contributed by atoms with E-state index in [4.69, 9.17) is 27.8 Å². The molecule has 230 valence electrons. The fraction of sp³-hybridized carbons (Fsp3) is 0.281. The van der Waals surface area contributed by atoms with Gasteiger partial charge in [0.15, 0.2) is 5.96 Å². The second-order valence-corrected chi connectivity index (χ2v) is 11.0. The summed E-state index contributed by atoms with van der Waals surface area (Å²) in [6.45, 7) is 0.206. The first-order chi connectivity index (χ1) is 21.0. The number of esters is 1. The fourth-order valence-electron chi connectivity index (χ4n) is 5.22. The lowest BCUT2D eigenvalue weighted by Gasteiger charge is -2.36. The van der Waals surface area contributed by atoms with Crippen molar-refractivity contribution in [2.75, 3.05) is 0 Å². The van der Waals surface area contributed by atoms with E-state index >= 15 is 0 Å². The van der Waals surface area contributed by atoms with Crippen LogP contribution in [0.25, 0.3) is 0 Å². The molecule has 1 aliphatic rings. The molecule has 0 aliphatic heterocycles. The van der Waals surface area contributed by atoms with Crippen LogP contribution in [0.2, 0.25) is 5.02 Å². The Bertz CT molecular complexity index is 1560. The van der Waals surface area contributed by atoms with Crippen LogP contribution in [0.1, 0.15) is 63.9 Å². The smallest absolute Gasteiger partial charge is 0.343 e. The van der Waals surface area contributed by atoms with Crippen LogP contribution in [-0.2, 0) is 22.6 Å². The predicted molar refractivity (Wildman–Crippen MR) is 164 cm³/mol. The van der Waals surface area contributed by atoms with E-state index in [-0.39, 0.29) is 47.8 Å². The zero-order valence-electron chi connectivity index (χ0n) is 23.8. The summed E-state index contributed by atoms with van der Waals surface area (Å²) >= 11 is 6.50. The maximum atomic E-state index is 13.6. The van der Waals surface area contributed by atoms with Crippen LogP contribution in [-0.4, -0.2) is 50.9 Å². The average molecular weight is 621 g/mol. The third kappa shape index (κ3) is 8.57. The molecule has 44 heavy (non-hydrogen) atoms. The monoisotopic (exact) mass is 620 g/mol. The zero-order chi connectivity index (χ0) is 31.8. The number of nitrogens with zero attached hydrogens (tertiary/aromatic N) is 2. The van der Waals surface area contributed by atoms with E-state index in [1.165, 1.54) is 24.3 Å². The largest absolute Gasteiger partial charge is 0.481 e. The van der Waals surface area contributed by atoms with E-state index in [0.29, 0.717) is 53.9 Å². The minimum absolute atomic E-state index is 0.0992. The molecule has 0 bridgehead atoms. The summed E-state index contributed by atoms with van der Waals surface area (Å²) in [5.41, 5.74) is 13.0. The molecule has 3 aromatic carbocycles. The molecule has 1 aliphatic carbocycles. The van der Waals surface area contributed by atoms with E-state index in [9.17, 15) is 29.4 Å². The van der Waals surface area contributed by atoms with E-state index in [1.54, 1.807) is 47.4 Å².